The van der Waals surface area contributed by atoms with E-state index in [1.807, 2.05) is 60.8 Å². The second-order valence-corrected chi connectivity index (χ2v) is 17.3. The summed E-state index contributed by atoms with van der Waals surface area (Å²) in [5.41, 5.74) is 4.28. The van der Waals surface area contributed by atoms with E-state index in [4.69, 9.17) is 28.5 Å². The molecule has 64 heavy (non-hydrogen) atoms. The van der Waals surface area contributed by atoms with E-state index in [2.05, 4.69) is 82.8 Å². The van der Waals surface area contributed by atoms with Crippen LogP contribution in [0.2, 0.25) is 0 Å². The van der Waals surface area contributed by atoms with Crippen molar-refractivity contribution in [1.29, 1.82) is 0 Å². The molecule has 0 amide bonds. The molecule has 0 radical (unpaired) electrons. The molecular formula is C57H47N5OPt-2. The molecule has 3 aromatic heterocycles. The predicted octanol–water partition coefficient (Wildman–Crippen LogP) is 13.4. The molecule has 6 nitrogen and oxygen atoms in total. The van der Waals surface area contributed by atoms with Gasteiger partial charge in [0, 0.05) is 49.8 Å². The molecule has 0 spiro atoms. The number of aromatic nitrogens is 5. The molecule has 0 saturated carbocycles. The summed E-state index contributed by atoms with van der Waals surface area (Å²) in [5, 5.41) is 7.11. The Balaban J connectivity index is 0.00000672. The summed E-state index contributed by atoms with van der Waals surface area (Å²) < 4.78 is 99.8. The van der Waals surface area contributed by atoms with Gasteiger partial charge in [0.15, 0.2) is 5.82 Å². The van der Waals surface area contributed by atoms with Crippen LogP contribution in [0.25, 0.3) is 72.6 Å². The van der Waals surface area contributed by atoms with Gasteiger partial charge in [0.1, 0.15) is 5.82 Å². The minimum atomic E-state index is -0.593. The quantitative estimate of drug-likeness (QED) is 0.113. The van der Waals surface area contributed by atoms with Crippen LogP contribution in [0.4, 0.5) is 0 Å². The number of pyridine rings is 1. The fraction of sp³-hybridized carbons (Fsp3) is 0.140. The van der Waals surface area contributed by atoms with Crippen molar-refractivity contribution in [2.75, 3.05) is 0 Å². The van der Waals surface area contributed by atoms with Crippen LogP contribution in [-0.4, -0.2) is 19.2 Å². The van der Waals surface area contributed by atoms with E-state index in [-0.39, 0.29) is 71.3 Å². The SMILES string of the molecule is [2H]c1c([2H])c([2H])c(-c2cccc(-c3c([2H])c([2H])c([2H])c([2H])c3[2H])c2-c2n[n+](-c3cccc(C(C)(C)C)c3)[c-]n2-c2[c-]c(Oc3[c-]c4c(cc3)c3ccccc3n4-c3cc(C(C)(C)C)ccn3)ccc2)c([2H])c1[2H].[Pt]. The van der Waals surface area contributed by atoms with Gasteiger partial charge in [-0.2, -0.15) is 22.9 Å². The molecule has 0 N–H and O–H groups in total. The number of hydrogen-bond acceptors (Lipinski definition) is 3. The molecule has 7 aromatic carbocycles. The molecule has 0 atom stereocenters. The molecule has 7 heteroatoms. The predicted molar refractivity (Wildman–Crippen MR) is 254 cm³/mol. The van der Waals surface area contributed by atoms with E-state index >= 15 is 0 Å². The first-order valence-corrected chi connectivity index (χ1v) is 20.6. The molecule has 3 heterocycles. The number of hydrogen-bond donors (Lipinski definition) is 0. The van der Waals surface area contributed by atoms with E-state index in [9.17, 15) is 0 Å². The molecule has 0 aliphatic heterocycles. The second-order valence-electron chi connectivity index (χ2n) is 17.3. The standard InChI is InChI=1S/C57H47N5O.Pt/c1-56(2,3)41-22-15-24-44(34-41)61-38-60(55(59-61)54-47(39-18-9-7-10-19-39)27-17-28-48(54)40-20-11-8-12-21-40)43-23-16-25-45(36-43)63-46-30-31-50-49-26-13-14-29-51(49)62(52(50)37-46)53-35-42(32-33-58-53)57(4,5)6;/h7-35H,1-6H3;/q-2;/i7D,8D,9D,10D,11D,12D,18D,19D,20D,21D;. The van der Waals surface area contributed by atoms with Crippen LogP contribution in [0.15, 0.2) is 176 Å². The third-order valence-corrected chi connectivity index (χ3v) is 11.0. The Bertz CT molecular complexity index is 3750. The molecule has 10 rings (SSSR count). The molecule has 0 unspecified atom stereocenters. The maximum absolute atomic E-state index is 9.14. The van der Waals surface area contributed by atoms with Gasteiger partial charge in [-0.25, -0.2) is 4.98 Å². The van der Waals surface area contributed by atoms with Gasteiger partial charge in [0.05, 0.1) is 19.4 Å². The first-order chi connectivity index (χ1) is 34.6. The number of rotatable bonds is 8. The molecule has 318 valence electrons. The largest absolute Gasteiger partial charge is 0.510 e. The Morgan fingerprint density at radius 3 is 1.97 bits per heavy atom. The Morgan fingerprint density at radius 1 is 0.625 bits per heavy atom. The summed E-state index contributed by atoms with van der Waals surface area (Å²) in [7, 11) is 0. The van der Waals surface area contributed by atoms with Crippen molar-refractivity contribution in [3.8, 4) is 62.3 Å². The van der Waals surface area contributed by atoms with E-state index in [0.717, 1.165) is 38.8 Å². The van der Waals surface area contributed by atoms with Crippen molar-refractivity contribution in [3.63, 3.8) is 0 Å². The van der Waals surface area contributed by atoms with E-state index in [1.165, 1.54) is 4.68 Å². The smallest absolute Gasteiger partial charge is 0.272 e. The third kappa shape index (κ3) is 8.11. The van der Waals surface area contributed by atoms with E-state index in [1.54, 1.807) is 41.0 Å². The van der Waals surface area contributed by atoms with Crippen molar-refractivity contribution in [1.82, 2.24) is 19.2 Å². The van der Waals surface area contributed by atoms with Crippen LogP contribution in [0.5, 0.6) is 11.5 Å². The number of benzene rings is 7. The summed E-state index contributed by atoms with van der Waals surface area (Å²) in [6.45, 7) is 12.7. The van der Waals surface area contributed by atoms with Crippen LogP contribution < -0.4 is 9.42 Å². The van der Waals surface area contributed by atoms with Crippen LogP contribution in [0.1, 0.15) is 66.4 Å². The summed E-state index contributed by atoms with van der Waals surface area (Å²) in [4.78, 5) is 4.81. The maximum atomic E-state index is 9.14. The normalized spacial score (nSPS) is 14.0. The summed E-state index contributed by atoms with van der Waals surface area (Å²) in [6.07, 6.45) is 5.18. The molecule has 0 bridgehead atoms. The van der Waals surface area contributed by atoms with Crippen molar-refractivity contribution in [2.24, 2.45) is 0 Å². The van der Waals surface area contributed by atoms with Gasteiger partial charge >= 0.3 is 0 Å². The monoisotopic (exact) mass is 1020 g/mol. The van der Waals surface area contributed by atoms with Crippen LogP contribution in [0, 0.1) is 18.5 Å². The minimum absolute atomic E-state index is 0. The van der Waals surface area contributed by atoms with Crippen molar-refractivity contribution in [2.45, 2.75) is 52.4 Å². The average Bonchev–Trinajstić information content (AvgIpc) is 3.96. The average molecular weight is 1020 g/mol. The number of nitrogens with zero attached hydrogens (tertiary/aromatic N) is 5. The molecule has 10 aromatic rings. The zero-order chi connectivity index (χ0) is 52.0. The van der Waals surface area contributed by atoms with Gasteiger partial charge in [-0.3, -0.25) is 0 Å². The van der Waals surface area contributed by atoms with Gasteiger partial charge in [-0.15, -0.1) is 34.8 Å². The van der Waals surface area contributed by atoms with Crippen molar-refractivity contribution >= 4 is 21.8 Å². The molecule has 0 aliphatic rings. The first kappa shape index (κ1) is 31.9. The van der Waals surface area contributed by atoms with E-state index < -0.39 is 60.4 Å². The summed E-state index contributed by atoms with van der Waals surface area (Å²) in [6, 6.07) is 35.1. The fourth-order valence-corrected chi connectivity index (χ4v) is 7.76. The molecule has 0 fully saturated rings. The van der Waals surface area contributed by atoms with Crippen molar-refractivity contribution in [3.05, 3.63) is 205 Å². The van der Waals surface area contributed by atoms with Crippen LogP contribution >= 0.6 is 0 Å². The Hall–Kier alpha value is -6.88. The molecule has 0 saturated heterocycles. The maximum Gasteiger partial charge on any atom is 0.272 e. The van der Waals surface area contributed by atoms with Gasteiger partial charge < -0.3 is 13.9 Å². The van der Waals surface area contributed by atoms with Crippen LogP contribution in [-0.2, 0) is 31.9 Å². The topological polar surface area (TPSA) is 48.8 Å². The minimum Gasteiger partial charge on any atom is -0.510 e. The van der Waals surface area contributed by atoms with Gasteiger partial charge in [-0.05, 0) is 67.8 Å². The number of ether oxygens (including phenoxy) is 1. The van der Waals surface area contributed by atoms with Gasteiger partial charge in [0.25, 0.3) is 6.33 Å². The Morgan fingerprint density at radius 2 is 1.27 bits per heavy atom. The Labute approximate surface area is 403 Å². The van der Waals surface area contributed by atoms with Gasteiger partial charge in [0.2, 0.25) is 0 Å². The van der Waals surface area contributed by atoms with Gasteiger partial charge in [-0.1, -0.05) is 174 Å². The number of fused-ring (bicyclic) bond motifs is 3. The second kappa shape index (κ2) is 17.0. The van der Waals surface area contributed by atoms with Crippen molar-refractivity contribution < 1.29 is 44.2 Å². The fourth-order valence-electron chi connectivity index (χ4n) is 7.76. The summed E-state index contributed by atoms with van der Waals surface area (Å²) in [5.74, 6) is 1.47. The Kier molecular flexibility index (Phi) is 8.47. The zero-order valence-corrected chi connectivity index (χ0v) is 38.2. The molecular weight excluding hydrogens is 966 g/mol. The first-order valence-electron chi connectivity index (χ1n) is 25.6. The van der Waals surface area contributed by atoms with Crippen LogP contribution in [0.3, 0.4) is 0 Å². The zero-order valence-electron chi connectivity index (χ0n) is 45.9. The number of para-hydroxylation sites is 1. The summed E-state index contributed by atoms with van der Waals surface area (Å²) >= 11 is 0. The third-order valence-electron chi connectivity index (χ3n) is 11.0. The van der Waals surface area contributed by atoms with E-state index in [0.29, 0.717) is 17.1 Å². The molecule has 0 aliphatic carbocycles.